The molecule has 1 heterocycles. The van der Waals surface area contributed by atoms with Crippen molar-refractivity contribution in [2.45, 2.75) is 38.3 Å². The second-order valence-electron chi connectivity index (χ2n) is 4.43. The number of carboxylic acids is 1. The lowest BCUT2D eigenvalue weighted by molar-refractivity contribution is -0.148. The molecule has 0 saturated heterocycles. The second kappa shape index (κ2) is 4.93. The topological polar surface area (TPSA) is 91.3 Å². The number of nitrogens with one attached hydrogen (secondary N) is 2. The highest BCUT2D eigenvalue weighted by atomic mass is 32.1. The van der Waals surface area contributed by atoms with E-state index in [2.05, 4.69) is 15.6 Å². The van der Waals surface area contributed by atoms with Crippen LogP contribution in [0.15, 0.2) is 5.38 Å². The van der Waals surface area contributed by atoms with Crippen molar-refractivity contribution in [3.63, 3.8) is 0 Å². The van der Waals surface area contributed by atoms with Crippen molar-refractivity contribution < 1.29 is 14.7 Å². The summed E-state index contributed by atoms with van der Waals surface area (Å²) in [5.41, 5.74) is -0.152. The molecule has 0 aliphatic heterocycles. The largest absolute Gasteiger partial charge is 0.480 e. The summed E-state index contributed by atoms with van der Waals surface area (Å²) in [5, 5.41) is 16.9. The number of carboxylic acid groups (broad SMARTS) is 1. The maximum atomic E-state index is 11.6. The molecule has 0 atom stereocenters. The minimum absolute atomic E-state index is 0.319. The summed E-state index contributed by atoms with van der Waals surface area (Å²) in [6.07, 6.45) is 1.82. The Morgan fingerprint density at radius 2 is 2.28 bits per heavy atom. The van der Waals surface area contributed by atoms with Crippen molar-refractivity contribution in [1.29, 1.82) is 0 Å². The van der Waals surface area contributed by atoms with Crippen LogP contribution in [0.2, 0.25) is 0 Å². The molecule has 0 unspecified atom stereocenters. The highest BCUT2D eigenvalue weighted by Crippen LogP contribution is 2.31. The number of nitrogens with zero attached hydrogens (tertiary/aromatic N) is 1. The SMILES string of the molecule is Cc1csc(CNC(=O)NC2(C(=O)O)CCC2)n1. The predicted molar refractivity (Wildman–Crippen MR) is 66.4 cm³/mol. The molecule has 1 fully saturated rings. The molecule has 98 valence electrons. The normalized spacial score (nSPS) is 16.7. The number of hydrogen-bond donors (Lipinski definition) is 3. The van der Waals surface area contributed by atoms with E-state index in [9.17, 15) is 9.59 Å². The lowest BCUT2D eigenvalue weighted by Crippen LogP contribution is -2.61. The van der Waals surface area contributed by atoms with E-state index in [0.29, 0.717) is 19.4 Å². The lowest BCUT2D eigenvalue weighted by Gasteiger charge is -2.38. The molecule has 1 aromatic heterocycles. The highest BCUT2D eigenvalue weighted by Gasteiger charge is 2.45. The van der Waals surface area contributed by atoms with E-state index < -0.39 is 17.5 Å². The van der Waals surface area contributed by atoms with Gasteiger partial charge in [-0.2, -0.15) is 0 Å². The second-order valence-corrected chi connectivity index (χ2v) is 5.37. The van der Waals surface area contributed by atoms with Crippen molar-refractivity contribution in [2.24, 2.45) is 0 Å². The van der Waals surface area contributed by atoms with Crippen molar-refractivity contribution in [2.75, 3.05) is 0 Å². The Labute approximate surface area is 108 Å². The third kappa shape index (κ3) is 2.61. The van der Waals surface area contributed by atoms with Gasteiger partial charge in [0.05, 0.1) is 6.54 Å². The van der Waals surface area contributed by atoms with Crippen LogP contribution < -0.4 is 10.6 Å². The van der Waals surface area contributed by atoms with E-state index >= 15 is 0 Å². The molecule has 2 amide bonds. The average Bonchev–Trinajstić information content (AvgIpc) is 2.66. The summed E-state index contributed by atoms with van der Waals surface area (Å²) in [5.74, 6) is -0.964. The van der Waals surface area contributed by atoms with Gasteiger partial charge in [-0.1, -0.05) is 0 Å². The Kier molecular flexibility index (Phi) is 3.51. The van der Waals surface area contributed by atoms with Crippen LogP contribution in [0.1, 0.15) is 30.0 Å². The summed E-state index contributed by atoms with van der Waals surface area (Å²) >= 11 is 1.47. The van der Waals surface area contributed by atoms with Crippen molar-refractivity contribution >= 4 is 23.3 Å². The molecule has 1 aliphatic rings. The summed E-state index contributed by atoms with van der Waals surface area (Å²) in [6, 6.07) is -0.454. The van der Waals surface area contributed by atoms with Crippen LogP contribution >= 0.6 is 11.3 Å². The summed E-state index contributed by atoms with van der Waals surface area (Å²) in [6.45, 7) is 2.20. The van der Waals surface area contributed by atoms with Gasteiger partial charge in [-0.3, -0.25) is 0 Å². The Balaban J connectivity index is 1.83. The van der Waals surface area contributed by atoms with Gasteiger partial charge in [-0.05, 0) is 26.2 Å². The van der Waals surface area contributed by atoms with Gasteiger partial charge in [-0.25, -0.2) is 14.6 Å². The molecule has 2 rings (SSSR count). The number of carbonyl (C=O) groups is 2. The van der Waals surface area contributed by atoms with E-state index in [1.54, 1.807) is 0 Å². The Morgan fingerprint density at radius 3 is 2.72 bits per heavy atom. The van der Waals surface area contributed by atoms with Gasteiger partial charge in [-0.15, -0.1) is 11.3 Å². The number of hydrogen-bond acceptors (Lipinski definition) is 4. The third-order valence-corrected chi connectivity index (χ3v) is 4.00. The fraction of sp³-hybridized carbons (Fsp3) is 0.545. The Hall–Kier alpha value is -1.63. The predicted octanol–water partition coefficient (Wildman–Crippen LogP) is 1.26. The number of rotatable bonds is 4. The zero-order valence-corrected chi connectivity index (χ0v) is 10.8. The third-order valence-electron chi connectivity index (χ3n) is 3.04. The van der Waals surface area contributed by atoms with Crippen LogP contribution in [0, 0.1) is 6.92 Å². The standard InChI is InChI=1S/C11H15N3O3S/c1-7-6-18-8(13-7)5-12-10(17)14-11(9(15)16)3-2-4-11/h6H,2-5H2,1H3,(H,15,16)(H2,12,14,17). The van der Waals surface area contributed by atoms with E-state index in [4.69, 9.17) is 5.11 Å². The van der Waals surface area contributed by atoms with Crippen LogP contribution in [0.4, 0.5) is 4.79 Å². The minimum Gasteiger partial charge on any atom is -0.480 e. The van der Waals surface area contributed by atoms with Crippen LogP contribution in [0.5, 0.6) is 0 Å². The number of aliphatic carboxylic acids is 1. The summed E-state index contributed by atoms with van der Waals surface area (Å²) in [7, 11) is 0. The molecule has 0 spiro atoms. The van der Waals surface area contributed by atoms with Crippen molar-refractivity contribution in [3.05, 3.63) is 16.1 Å². The molecule has 6 nitrogen and oxygen atoms in total. The zero-order valence-electron chi connectivity index (χ0n) is 10.0. The quantitative estimate of drug-likeness (QED) is 0.767. The molecule has 3 N–H and O–H groups in total. The number of carbonyl (C=O) groups excluding carboxylic acids is 1. The molecule has 0 aromatic carbocycles. The van der Waals surface area contributed by atoms with Crippen LogP contribution in [0.25, 0.3) is 0 Å². The highest BCUT2D eigenvalue weighted by molar-refractivity contribution is 7.09. The lowest BCUT2D eigenvalue weighted by atomic mass is 9.77. The van der Waals surface area contributed by atoms with Gasteiger partial charge in [0.1, 0.15) is 10.5 Å². The first-order valence-corrected chi connectivity index (χ1v) is 6.60. The monoisotopic (exact) mass is 269 g/mol. The van der Waals surface area contributed by atoms with Crippen LogP contribution in [0.3, 0.4) is 0 Å². The van der Waals surface area contributed by atoms with Gasteiger partial charge < -0.3 is 15.7 Å². The van der Waals surface area contributed by atoms with Crippen molar-refractivity contribution in [1.82, 2.24) is 15.6 Å². The first-order valence-electron chi connectivity index (χ1n) is 5.72. The Morgan fingerprint density at radius 1 is 1.56 bits per heavy atom. The van der Waals surface area contributed by atoms with E-state index in [-0.39, 0.29) is 0 Å². The van der Waals surface area contributed by atoms with Gasteiger partial charge in [0.15, 0.2) is 0 Å². The number of aryl methyl sites for hydroxylation is 1. The number of amides is 2. The minimum atomic E-state index is -1.07. The summed E-state index contributed by atoms with van der Waals surface area (Å²) in [4.78, 5) is 26.9. The van der Waals surface area contributed by atoms with E-state index in [1.807, 2.05) is 12.3 Å². The van der Waals surface area contributed by atoms with E-state index in [1.165, 1.54) is 11.3 Å². The Bertz CT molecular complexity index is 468. The first-order chi connectivity index (χ1) is 8.52. The van der Waals surface area contributed by atoms with Gasteiger partial charge in [0, 0.05) is 11.1 Å². The van der Waals surface area contributed by atoms with Gasteiger partial charge in [0.2, 0.25) is 0 Å². The molecule has 1 aromatic rings. The van der Waals surface area contributed by atoms with Gasteiger partial charge >= 0.3 is 12.0 Å². The number of aromatic nitrogens is 1. The van der Waals surface area contributed by atoms with Crippen molar-refractivity contribution in [3.8, 4) is 0 Å². The first kappa shape index (κ1) is 12.8. The molecule has 1 aliphatic carbocycles. The number of urea groups is 1. The molecule has 18 heavy (non-hydrogen) atoms. The average molecular weight is 269 g/mol. The molecular weight excluding hydrogens is 254 g/mol. The van der Waals surface area contributed by atoms with Crippen LogP contribution in [-0.4, -0.2) is 27.6 Å². The maximum Gasteiger partial charge on any atom is 0.329 e. The molecule has 0 radical (unpaired) electrons. The molecule has 0 bridgehead atoms. The molecular formula is C11H15N3O3S. The maximum absolute atomic E-state index is 11.6. The molecule has 7 heteroatoms. The fourth-order valence-electron chi connectivity index (χ4n) is 1.82. The molecule has 1 saturated carbocycles. The smallest absolute Gasteiger partial charge is 0.329 e. The van der Waals surface area contributed by atoms with Crippen LogP contribution in [-0.2, 0) is 11.3 Å². The zero-order chi connectivity index (χ0) is 13.2. The van der Waals surface area contributed by atoms with Gasteiger partial charge in [0.25, 0.3) is 0 Å². The fourth-order valence-corrected chi connectivity index (χ4v) is 2.54. The van der Waals surface area contributed by atoms with E-state index in [0.717, 1.165) is 17.1 Å². The number of thiazole rings is 1. The summed E-state index contributed by atoms with van der Waals surface area (Å²) < 4.78 is 0.